The van der Waals surface area contributed by atoms with Gasteiger partial charge in [-0.15, -0.1) is 9.24 Å². The highest BCUT2D eigenvalue weighted by molar-refractivity contribution is 7.17. The molecule has 0 aromatic rings. The number of hydrogen-bond acceptors (Lipinski definition) is 1. The molecule has 2 atom stereocenters. The average Bonchev–Trinajstić information content (AvgIpc) is 1.64. The van der Waals surface area contributed by atoms with E-state index in [1.54, 1.807) is 0 Å². The summed E-state index contributed by atoms with van der Waals surface area (Å²) in [5.74, 6) is 0. The maximum absolute atomic E-state index is 2.89. The summed E-state index contributed by atoms with van der Waals surface area (Å²) in [5.41, 5.74) is 0.855. The van der Waals surface area contributed by atoms with Gasteiger partial charge in [-0.1, -0.05) is 0 Å². The molecule has 0 spiro atoms. The Hall–Kier alpha value is 0.390. The molecule has 0 aromatic heterocycles. The summed E-state index contributed by atoms with van der Waals surface area (Å²) >= 11 is 0. The van der Waals surface area contributed by atoms with Crippen LogP contribution >= 0.6 is 9.24 Å². The van der Waals surface area contributed by atoms with Gasteiger partial charge in [-0.05, 0) is 32.1 Å². The minimum Gasteiger partial charge on any atom is -0.306 e. The molecular weight excluding hydrogens is 117 g/mol. The first-order valence-corrected chi connectivity index (χ1v) is 3.90. The van der Waals surface area contributed by atoms with Crippen LogP contribution in [0.5, 0.6) is 0 Å². The highest BCUT2D eigenvalue weighted by Gasteiger charge is 2.11. The van der Waals surface area contributed by atoms with Crippen molar-refractivity contribution in [1.29, 1.82) is 0 Å². The summed E-state index contributed by atoms with van der Waals surface area (Å²) in [4.78, 5) is 2.39. The molecule has 1 nitrogen and oxygen atoms in total. The van der Waals surface area contributed by atoms with Crippen molar-refractivity contribution in [2.24, 2.45) is 0 Å². The van der Waals surface area contributed by atoms with Crippen molar-refractivity contribution >= 4 is 9.24 Å². The third kappa shape index (κ3) is 1.72. The van der Waals surface area contributed by atoms with Crippen LogP contribution in [0.1, 0.15) is 12.8 Å². The molecule has 0 bridgehead atoms. The van der Waals surface area contributed by atoms with Crippen molar-refractivity contribution in [2.45, 2.75) is 18.5 Å². The molecule has 1 rings (SSSR count). The van der Waals surface area contributed by atoms with E-state index < -0.39 is 0 Å². The summed E-state index contributed by atoms with van der Waals surface area (Å²) in [5, 5.41) is 0. The molecule has 0 saturated carbocycles. The third-order valence-corrected chi connectivity index (χ3v) is 2.21. The van der Waals surface area contributed by atoms with E-state index in [-0.39, 0.29) is 0 Å². The van der Waals surface area contributed by atoms with Crippen molar-refractivity contribution in [3.63, 3.8) is 0 Å². The molecule has 2 heteroatoms. The molecule has 1 fully saturated rings. The average molecular weight is 131 g/mol. The van der Waals surface area contributed by atoms with E-state index in [1.165, 1.54) is 25.9 Å². The molecule has 48 valence electrons. The summed E-state index contributed by atoms with van der Waals surface area (Å²) in [6.07, 6.45) is 2.78. The standard InChI is InChI=1S/C6H14NP/c1-7-4-2-3-6(8)5-7/h6H,2-5,8H2,1H3/t6-/m0/s1. The Bertz CT molecular complexity index is 66.9. The van der Waals surface area contributed by atoms with Gasteiger partial charge in [0.15, 0.2) is 0 Å². The summed E-state index contributed by atoms with van der Waals surface area (Å²) in [6, 6.07) is 0. The monoisotopic (exact) mass is 131 g/mol. The second-order valence-electron chi connectivity index (χ2n) is 2.66. The molecular formula is C6H14NP. The maximum Gasteiger partial charge on any atom is 0.00413 e. The lowest BCUT2D eigenvalue weighted by molar-refractivity contribution is 0.283. The zero-order valence-electron chi connectivity index (χ0n) is 5.43. The van der Waals surface area contributed by atoms with E-state index in [9.17, 15) is 0 Å². The lowest BCUT2D eigenvalue weighted by atomic mass is 10.1. The van der Waals surface area contributed by atoms with E-state index >= 15 is 0 Å². The fourth-order valence-electron chi connectivity index (χ4n) is 1.21. The van der Waals surface area contributed by atoms with Gasteiger partial charge in [0.1, 0.15) is 0 Å². The Morgan fingerprint density at radius 3 is 2.75 bits per heavy atom. The summed E-state index contributed by atoms with van der Waals surface area (Å²) in [7, 11) is 5.08. The highest BCUT2D eigenvalue weighted by atomic mass is 31.0. The van der Waals surface area contributed by atoms with Crippen LogP contribution in [0.2, 0.25) is 0 Å². The fraction of sp³-hybridized carbons (Fsp3) is 1.00. The second kappa shape index (κ2) is 2.80. The fourth-order valence-corrected chi connectivity index (χ4v) is 1.80. The Labute approximate surface area is 53.6 Å². The van der Waals surface area contributed by atoms with Crippen molar-refractivity contribution in [1.82, 2.24) is 4.90 Å². The van der Waals surface area contributed by atoms with Gasteiger partial charge in [0, 0.05) is 6.54 Å². The molecule has 1 aliphatic rings. The van der Waals surface area contributed by atoms with Crippen molar-refractivity contribution < 1.29 is 0 Å². The first-order chi connectivity index (χ1) is 3.79. The molecule has 0 aromatic carbocycles. The molecule has 1 aliphatic heterocycles. The second-order valence-corrected chi connectivity index (χ2v) is 3.61. The van der Waals surface area contributed by atoms with Crippen LogP contribution in [0, 0.1) is 0 Å². The number of hydrogen-bond donors (Lipinski definition) is 0. The molecule has 1 saturated heterocycles. The van der Waals surface area contributed by atoms with Crippen LogP contribution in [0.3, 0.4) is 0 Å². The quantitative estimate of drug-likeness (QED) is 0.442. The molecule has 0 aliphatic carbocycles. The first kappa shape index (κ1) is 6.51. The zero-order chi connectivity index (χ0) is 5.98. The van der Waals surface area contributed by atoms with Gasteiger partial charge < -0.3 is 4.90 Å². The Kier molecular flexibility index (Phi) is 2.27. The first-order valence-electron chi connectivity index (χ1n) is 3.23. The van der Waals surface area contributed by atoms with Crippen LogP contribution in [0.25, 0.3) is 0 Å². The SMILES string of the molecule is CN1CCC[C@H](P)C1. The Morgan fingerprint density at radius 1 is 1.62 bits per heavy atom. The third-order valence-electron chi connectivity index (χ3n) is 1.66. The number of nitrogens with zero attached hydrogens (tertiary/aromatic N) is 1. The van der Waals surface area contributed by atoms with E-state index in [4.69, 9.17) is 0 Å². The van der Waals surface area contributed by atoms with Gasteiger partial charge in [0.05, 0.1) is 0 Å². The lowest BCUT2D eigenvalue weighted by Gasteiger charge is -2.26. The molecule has 8 heavy (non-hydrogen) atoms. The maximum atomic E-state index is 2.89. The van der Waals surface area contributed by atoms with Gasteiger partial charge >= 0.3 is 0 Å². The van der Waals surface area contributed by atoms with Crippen molar-refractivity contribution in [2.75, 3.05) is 20.1 Å². The number of likely N-dealkylation sites (tertiary alicyclic amines) is 1. The van der Waals surface area contributed by atoms with E-state index in [0.717, 1.165) is 5.66 Å². The van der Waals surface area contributed by atoms with Crippen LogP contribution < -0.4 is 0 Å². The summed E-state index contributed by atoms with van der Waals surface area (Å²) in [6.45, 7) is 2.57. The predicted molar refractivity (Wildman–Crippen MR) is 40.2 cm³/mol. The van der Waals surface area contributed by atoms with Crippen LogP contribution in [-0.4, -0.2) is 30.7 Å². The Morgan fingerprint density at radius 2 is 2.38 bits per heavy atom. The highest BCUT2D eigenvalue weighted by Crippen LogP contribution is 2.14. The molecule has 0 N–H and O–H groups in total. The number of piperidine rings is 1. The van der Waals surface area contributed by atoms with Gasteiger partial charge in [0.2, 0.25) is 0 Å². The molecule has 0 radical (unpaired) electrons. The Balaban J connectivity index is 2.23. The smallest absolute Gasteiger partial charge is 0.00413 e. The van der Waals surface area contributed by atoms with Gasteiger partial charge in [0.25, 0.3) is 0 Å². The van der Waals surface area contributed by atoms with Crippen LogP contribution in [0.4, 0.5) is 0 Å². The summed E-state index contributed by atoms with van der Waals surface area (Å²) < 4.78 is 0. The van der Waals surface area contributed by atoms with Gasteiger partial charge in [-0.3, -0.25) is 0 Å². The molecule has 1 heterocycles. The minimum absolute atomic E-state index is 0.855. The zero-order valence-corrected chi connectivity index (χ0v) is 6.59. The van der Waals surface area contributed by atoms with Crippen LogP contribution in [0.15, 0.2) is 0 Å². The predicted octanol–water partition coefficient (Wildman–Crippen LogP) is 0.956. The van der Waals surface area contributed by atoms with Gasteiger partial charge in [-0.2, -0.15) is 0 Å². The van der Waals surface area contributed by atoms with Crippen molar-refractivity contribution in [3.05, 3.63) is 0 Å². The van der Waals surface area contributed by atoms with E-state index in [1.807, 2.05) is 0 Å². The normalized spacial score (nSPS) is 33.0. The lowest BCUT2D eigenvalue weighted by Crippen LogP contribution is -2.32. The molecule has 1 unspecified atom stereocenters. The largest absolute Gasteiger partial charge is 0.306 e. The van der Waals surface area contributed by atoms with E-state index in [0.29, 0.717) is 0 Å². The molecule has 0 amide bonds. The van der Waals surface area contributed by atoms with Gasteiger partial charge in [-0.25, -0.2) is 0 Å². The minimum atomic E-state index is 0.855. The van der Waals surface area contributed by atoms with Crippen molar-refractivity contribution in [3.8, 4) is 0 Å². The van der Waals surface area contributed by atoms with E-state index in [2.05, 4.69) is 21.2 Å². The van der Waals surface area contributed by atoms with Crippen LogP contribution in [-0.2, 0) is 0 Å². The number of rotatable bonds is 0. The topological polar surface area (TPSA) is 3.24 Å².